The average molecular weight is 261 g/mol. The fraction of sp³-hybridized carbons (Fsp3) is 0.200. The van der Waals surface area contributed by atoms with Crippen molar-refractivity contribution in [3.05, 3.63) is 65.2 Å². The van der Waals surface area contributed by atoms with Crippen molar-refractivity contribution < 1.29 is 13.5 Å². The lowest BCUT2D eigenvalue weighted by Crippen LogP contribution is -2.24. The first-order chi connectivity index (χ1) is 9.15. The van der Waals surface area contributed by atoms with Gasteiger partial charge in [0.05, 0.1) is 0 Å². The van der Waals surface area contributed by atoms with Gasteiger partial charge in [-0.3, -0.25) is 0 Å². The number of benzene rings is 2. The minimum atomic E-state index is -0.555. The average Bonchev–Trinajstić information content (AvgIpc) is 2.41. The molecule has 0 saturated heterocycles. The third kappa shape index (κ3) is 2.19. The number of hydrogen-bond acceptors (Lipinski definition) is 2. The quantitative estimate of drug-likeness (QED) is 0.852. The van der Waals surface area contributed by atoms with E-state index in [1.165, 1.54) is 6.07 Å². The van der Waals surface area contributed by atoms with Gasteiger partial charge < -0.3 is 10.5 Å². The van der Waals surface area contributed by atoms with Crippen LogP contribution in [0.4, 0.5) is 8.78 Å². The van der Waals surface area contributed by atoms with Crippen LogP contribution in [0.5, 0.6) is 5.75 Å². The van der Waals surface area contributed by atoms with Gasteiger partial charge in [-0.2, -0.15) is 0 Å². The minimum Gasteiger partial charge on any atom is -0.485 e. The van der Waals surface area contributed by atoms with E-state index in [9.17, 15) is 8.78 Å². The molecule has 0 fully saturated rings. The van der Waals surface area contributed by atoms with E-state index in [2.05, 4.69) is 0 Å². The summed E-state index contributed by atoms with van der Waals surface area (Å²) < 4.78 is 32.7. The lowest BCUT2D eigenvalue weighted by molar-refractivity contribution is 0.157. The van der Waals surface area contributed by atoms with Crippen LogP contribution in [0.3, 0.4) is 0 Å². The van der Waals surface area contributed by atoms with Gasteiger partial charge in [0.15, 0.2) is 0 Å². The molecule has 4 heteroatoms. The van der Waals surface area contributed by atoms with E-state index in [0.29, 0.717) is 12.2 Å². The Hall–Kier alpha value is -1.94. The summed E-state index contributed by atoms with van der Waals surface area (Å²) in [5.41, 5.74) is 7.18. The molecule has 3 rings (SSSR count). The van der Waals surface area contributed by atoms with Crippen LogP contribution in [0, 0.1) is 11.6 Å². The van der Waals surface area contributed by atoms with Crippen molar-refractivity contribution >= 4 is 0 Å². The molecule has 19 heavy (non-hydrogen) atoms. The van der Waals surface area contributed by atoms with Crippen LogP contribution >= 0.6 is 0 Å². The van der Waals surface area contributed by atoms with E-state index in [-0.39, 0.29) is 11.6 Å². The lowest BCUT2D eigenvalue weighted by Gasteiger charge is -2.30. The summed E-state index contributed by atoms with van der Waals surface area (Å²) >= 11 is 0. The van der Waals surface area contributed by atoms with Crippen LogP contribution < -0.4 is 10.5 Å². The van der Waals surface area contributed by atoms with Gasteiger partial charge in [0.25, 0.3) is 0 Å². The number of halogens is 2. The highest BCUT2D eigenvalue weighted by atomic mass is 19.1. The van der Waals surface area contributed by atoms with Crippen LogP contribution in [-0.2, 0) is 0 Å². The first-order valence-electron chi connectivity index (χ1n) is 6.11. The predicted molar refractivity (Wildman–Crippen MR) is 67.7 cm³/mol. The Morgan fingerprint density at radius 3 is 2.68 bits per heavy atom. The van der Waals surface area contributed by atoms with Crippen LogP contribution in [0.25, 0.3) is 0 Å². The zero-order valence-electron chi connectivity index (χ0n) is 10.1. The second-order valence-electron chi connectivity index (χ2n) is 4.65. The maximum absolute atomic E-state index is 13.8. The zero-order valence-corrected chi connectivity index (χ0v) is 10.1. The van der Waals surface area contributed by atoms with Crippen LogP contribution in [0.1, 0.15) is 29.7 Å². The number of para-hydroxylation sites is 1. The standard InChI is InChI=1S/C15H13F2NO/c16-9-5-6-12(17)11(7-9)15-8-13(18)10-3-1-2-4-14(10)19-15/h1-7,13,15H,8,18H2/t13-,15?/m0/s1. The van der Waals surface area contributed by atoms with E-state index in [1.54, 1.807) is 6.07 Å². The molecule has 1 unspecified atom stereocenters. The van der Waals surface area contributed by atoms with Crippen LogP contribution in [-0.4, -0.2) is 0 Å². The molecule has 1 aliphatic heterocycles. The van der Waals surface area contributed by atoms with Crippen molar-refractivity contribution in [1.82, 2.24) is 0 Å². The van der Waals surface area contributed by atoms with Gasteiger partial charge in [-0.05, 0) is 24.3 Å². The number of rotatable bonds is 1. The predicted octanol–water partition coefficient (Wildman–Crippen LogP) is 3.49. The number of ether oxygens (including phenoxy) is 1. The molecule has 2 aromatic rings. The molecule has 0 radical (unpaired) electrons. The van der Waals surface area contributed by atoms with Crippen molar-refractivity contribution in [2.24, 2.45) is 5.73 Å². The highest BCUT2D eigenvalue weighted by Gasteiger charge is 2.28. The molecule has 0 saturated carbocycles. The first-order valence-corrected chi connectivity index (χ1v) is 6.11. The van der Waals surface area contributed by atoms with Crippen molar-refractivity contribution in [2.75, 3.05) is 0 Å². The maximum Gasteiger partial charge on any atom is 0.130 e. The molecule has 98 valence electrons. The molecule has 2 N–H and O–H groups in total. The molecular formula is C15H13F2NO. The molecule has 0 aromatic heterocycles. The largest absolute Gasteiger partial charge is 0.485 e. The van der Waals surface area contributed by atoms with Gasteiger partial charge in [0, 0.05) is 23.6 Å². The molecule has 2 aromatic carbocycles. The summed E-state index contributed by atoms with van der Waals surface area (Å²) in [4.78, 5) is 0. The van der Waals surface area contributed by atoms with Crippen molar-refractivity contribution in [1.29, 1.82) is 0 Å². The summed E-state index contributed by atoms with van der Waals surface area (Å²) in [5.74, 6) is -0.319. The molecule has 0 aliphatic carbocycles. The van der Waals surface area contributed by atoms with Gasteiger partial charge in [-0.1, -0.05) is 18.2 Å². The topological polar surface area (TPSA) is 35.2 Å². The number of nitrogens with two attached hydrogens (primary N) is 1. The van der Waals surface area contributed by atoms with Gasteiger partial charge >= 0.3 is 0 Å². The van der Waals surface area contributed by atoms with Crippen molar-refractivity contribution in [3.63, 3.8) is 0 Å². The van der Waals surface area contributed by atoms with Crippen molar-refractivity contribution in [2.45, 2.75) is 18.6 Å². The molecule has 0 spiro atoms. The fourth-order valence-corrected chi connectivity index (χ4v) is 2.40. The molecular weight excluding hydrogens is 248 g/mol. The van der Waals surface area contributed by atoms with Crippen LogP contribution in [0.2, 0.25) is 0 Å². The Morgan fingerprint density at radius 2 is 1.84 bits per heavy atom. The fourth-order valence-electron chi connectivity index (χ4n) is 2.40. The summed E-state index contributed by atoms with van der Waals surface area (Å²) in [5, 5.41) is 0. The number of fused-ring (bicyclic) bond motifs is 1. The van der Waals surface area contributed by atoms with Crippen molar-refractivity contribution in [3.8, 4) is 5.75 Å². The zero-order chi connectivity index (χ0) is 13.4. The Morgan fingerprint density at radius 1 is 1.05 bits per heavy atom. The Balaban J connectivity index is 1.99. The van der Waals surface area contributed by atoms with Crippen LogP contribution in [0.15, 0.2) is 42.5 Å². The number of hydrogen-bond donors (Lipinski definition) is 1. The summed E-state index contributed by atoms with van der Waals surface area (Å²) in [7, 11) is 0. The van der Waals surface area contributed by atoms with Gasteiger partial charge in [-0.25, -0.2) is 8.78 Å². The SMILES string of the molecule is N[C@H]1CC(c2cc(F)ccc2F)Oc2ccccc21. The Bertz CT molecular complexity index is 615. The highest BCUT2D eigenvalue weighted by Crippen LogP contribution is 2.40. The van der Waals surface area contributed by atoms with E-state index < -0.39 is 17.7 Å². The summed E-state index contributed by atoms with van der Waals surface area (Å²) in [6.07, 6.45) is -0.127. The summed E-state index contributed by atoms with van der Waals surface area (Å²) in [6.45, 7) is 0. The molecule has 0 bridgehead atoms. The van der Waals surface area contributed by atoms with Gasteiger partial charge in [0.1, 0.15) is 23.5 Å². The second-order valence-corrected chi connectivity index (χ2v) is 4.65. The highest BCUT2D eigenvalue weighted by molar-refractivity contribution is 5.39. The smallest absolute Gasteiger partial charge is 0.130 e. The maximum atomic E-state index is 13.8. The molecule has 2 atom stereocenters. The monoisotopic (exact) mass is 261 g/mol. The van der Waals surface area contributed by atoms with E-state index >= 15 is 0 Å². The Kier molecular flexibility index (Phi) is 2.95. The second kappa shape index (κ2) is 4.63. The Labute approximate surface area is 109 Å². The molecule has 1 aliphatic rings. The molecule has 1 heterocycles. The minimum absolute atomic E-state index is 0.213. The lowest BCUT2D eigenvalue weighted by atomic mass is 9.93. The molecule has 0 amide bonds. The van der Waals surface area contributed by atoms with E-state index in [1.807, 2.05) is 18.2 Å². The van der Waals surface area contributed by atoms with Gasteiger partial charge in [-0.15, -0.1) is 0 Å². The van der Waals surface area contributed by atoms with E-state index in [0.717, 1.165) is 17.7 Å². The summed E-state index contributed by atoms with van der Waals surface area (Å²) in [6, 6.07) is 10.5. The normalized spacial score (nSPS) is 21.6. The van der Waals surface area contributed by atoms with E-state index in [4.69, 9.17) is 10.5 Å². The first kappa shape index (κ1) is 12.1. The third-order valence-electron chi connectivity index (χ3n) is 3.36. The third-order valence-corrected chi connectivity index (χ3v) is 3.36. The van der Waals surface area contributed by atoms with Gasteiger partial charge in [0.2, 0.25) is 0 Å². The molecule has 2 nitrogen and oxygen atoms in total.